The van der Waals surface area contributed by atoms with E-state index in [2.05, 4.69) is 11.4 Å². The van der Waals surface area contributed by atoms with Crippen LogP contribution >= 0.6 is 0 Å². The van der Waals surface area contributed by atoms with Gasteiger partial charge in [0.25, 0.3) is 0 Å². The molecule has 23 heavy (non-hydrogen) atoms. The minimum atomic E-state index is -0.487. The number of fused-ring (bicyclic) bond motifs is 1. The Labute approximate surface area is 136 Å². The van der Waals surface area contributed by atoms with Gasteiger partial charge in [0.2, 0.25) is 5.91 Å². The fourth-order valence-corrected chi connectivity index (χ4v) is 2.60. The average molecular weight is 311 g/mol. The molecule has 0 bridgehead atoms. The van der Waals surface area contributed by atoms with Crippen molar-refractivity contribution in [3.05, 3.63) is 65.7 Å². The molecule has 0 spiro atoms. The van der Waals surface area contributed by atoms with E-state index in [1.807, 2.05) is 48.5 Å². The molecule has 1 N–H and O–H groups in total. The predicted octanol–water partition coefficient (Wildman–Crippen LogP) is 2.71. The van der Waals surface area contributed by atoms with Gasteiger partial charge in [-0.05, 0) is 24.1 Å². The predicted molar refractivity (Wildman–Crippen MR) is 88.3 cm³/mol. The Kier molecular flexibility index (Phi) is 4.93. The molecule has 0 saturated carbocycles. The first-order chi connectivity index (χ1) is 11.2. The van der Waals surface area contributed by atoms with Crippen LogP contribution < -0.4 is 10.1 Å². The second-order valence-electron chi connectivity index (χ2n) is 5.74. The lowest BCUT2D eigenvalue weighted by atomic mass is 10.1. The second-order valence-corrected chi connectivity index (χ2v) is 5.74. The van der Waals surface area contributed by atoms with Gasteiger partial charge in [-0.2, -0.15) is 0 Å². The van der Waals surface area contributed by atoms with E-state index in [4.69, 9.17) is 9.47 Å². The van der Waals surface area contributed by atoms with Crippen molar-refractivity contribution < 1.29 is 14.3 Å². The molecular weight excluding hydrogens is 290 g/mol. The van der Waals surface area contributed by atoms with Gasteiger partial charge in [0, 0.05) is 6.42 Å². The molecule has 4 heteroatoms. The molecule has 120 valence electrons. The van der Waals surface area contributed by atoms with Gasteiger partial charge >= 0.3 is 0 Å². The quantitative estimate of drug-likeness (QED) is 0.892. The Balaban J connectivity index is 1.41. The highest BCUT2D eigenvalue weighted by Gasteiger charge is 2.23. The van der Waals surface area contributed by atoms with Crippen molar-refractivity contribution >= 4 is 5.91 Å². The third kappa shape index (κ3) is 4.11. The Morgan fingerprint density at radius 2 is 1.96 bits per heavy atom. The maximum Gasteiger partial charge on any atom is 0.248 e. The molecule has 0 saturated heterocycles. The van der Waals surface area contributed by atoms with Gasteiger partial charge in [-0.1, -0.05) is 48.5 Å². The lowest BCUT2D eigenvalue weighted by molar-refractivity contribution is -0.132. The average Bonchev–Trinajstić information content (AvgIpc) is 3.01. The van der Waals surface area contributed by atoms with Crippen molar-refractivity contribution in [3.8, 4) is 5.75 Å². The molecule has 1 amide bonds. The Morgan fingerprint density at radius 1 is 1.22 bits per heavy atom. The zero-order chi connectivity index (χ0) is 16.1. The Morgan fingerprint density at radius 3 is 2.74 bits per heavy atom. The van der Waals surface area contributed by atoms with Gasteiger partial charge in [-0.3, -0.25) is 4.79 Å². The van der Waals surface area contributed by atoms with Gasteiger partial charge in [0.1, 0.15) is 18.0 Å². The van der Waals surface area contributed by atoms with Crippen LogP contribution in [0.2, 0.25) is 0 Å². The number of hydrogen-bond donors (Lipinski definition) is 1. The first-order valence-electron chi connectivity index (χ1n) is 7.90. The largest absolute Gasteiger partial charge is 0.488 e. The molecule has 0 aromatic heterocycles. The van der Waals surface area contributed by atoms with Gasteiger partial charge < -0.3 is 14.8 Å². The van der Waals surface area contributed by atoms with Gasteiger partial charge in [0.15, 0.2) is 0 Å². The molecular formula is C19H21NO3. The molecule has 2 atom stereocenters. The zero-order valence-electron chi connectivity index (χ0n) is 13.2. The first kappa shape index (κ1) is 15.6. The van der Waals surface area contributed by atoms with E-state index in [-0.39, 0.29) is 12.0 Å². The van der Waals surface area contributed by atoms with Crippen molar-refractivity contribution in [1.29, 1.82) is 0 Å². The van der Waals surface area contributed by atoms with Crippen LogP contribution in [0.1, 0.15) is 18.1 Å². The van der Waals surface area contributed by atoms with E-state index in [9.17, 15) is 4.79 Å². The first-order valence-corrected chi connectivity index (χ1v) is 7.90. The topological polar surface area (TPSA) is 47.6 Å². The number of amides is 1. The highest BCUT2D eigenvalue weighted by Crippen LogP contribution is 2.27. The van der Waals surface area contributed by atoms with Crippen molar-refractivity contribution in [2.45, 2.75) is 32.2 Å². The number of rotatable bonds is 6. The third-order valence-corrected chi connectivity index (χ3v) is 3.93. The van der Waals surface area contributed by atoms with E-state index in [1.54, 1.807) is 6.92 Å². The van der Waals surface area contributed by atoms with Crippen LogP contribution in [0.3, 0.4) is 0 Å². The lowest BCUT2D eigenvalue weighted by Crippen LogP contribution is -2.40. The molecule has 1 aliphatic rings. The summed E-state index contributed by atoms with van der Waals surface area (Å²) in [7, 11) is 0. The van der Waals surface area contributed by atoms with Crippen LogP contribution in [0.5, 0.6) is 5.75 Å². The van der Waals surface area contributed by atoms with Crippen LogP contribution in [0.15, 0.2) is 54.6 Å². The zero-order valence-corrected chi connectivity index (χ0v) is 13.2. The molecule has 4 nitrogen and oxygen atoms in total. The summed E-state index contributed by atoms with van der Waals surface area (Å²) in [5.74, 6) is 0.806. The molecule has 2 aromatic rings. The minimum Gasteiger partial charge on any atom is -0.488 e. The number of carbonyl (C=O) groups excluding carboxylic acids is 1. The highest BCUT2D eigenvalue weighted by molar-refractivity contribution is 5.80. The summed E-state index contributed by atoms with van der Waals surface area (Å²) in [5.41, 5.74) is 2.25. The summed E-state index contributed by atoms with van der Waals surface area (Å²) >= 11 is 0. The maximum atomic E-state index is 12.1. The lowest BCUT2D eigenvalue weighted by Gasteiger charge is -2.16. The van der Waals surface area contributed by atoms with Gasteiger partial charge in [-0.15, -0.1) is 0 Å². The van der Waals surface area contributed by atoms with Gasteiger partial charge in [0.05, 0.1) is 13.2 Å². The normalized spacial score (nSPS) is 17.2. The van der Waals surface area contributed by atoms with E-state index in [1.165, 1.54) is 5.56 Å². The smallest absolute Gasteiger partial charge is 0.248 e. The van der Waals surface area contributed by atoms with Crippen molar-refractivity contribution in [2.24, 2.45) is 0 Å². The molecule has 1 heterocycles. The number of benzene rings is 2. The van der Waals surface area contributed by atoms with Gasteiger partial charge in [-0.25, -0.2) is 0 Å². The monoisotopic (exact) mass is 311 g/mol. The van der Waals surface area contributed by atoms with E-state index in [0.717, 1.165) is 17.7 Å². The standard InChI is InChI=1S/C19H21NO3/c1-14(22-13-15-7-3-2-4-8-15)19(21)20-12-17-11-16-9-5-6-10-18(16)23-17/h2-10,14,17H,11-13H2,1H3,(H,20,21)/t14-,17+/m1/s1. The molecule has 3 rings (SSSR count). The molecule has 0 unspecified atom stereocenters. The highest BCUT2D eigenvalue weighted by atomic mass is 16.5. The number of para-hydroxylation sites is 1. The number of ether oxygens (including phenoxy) is 2. The van der Waals surface area contributed by atoms with E-state index < -0.39 is 6.10 Å². The number of carbonyl (C=O) groups is 1. The van der Waals surface area contributed by atoms with Crippen LogP contribution in [-0.2, 0) is 22.6 Å². The molecule has 0 fully saturated rings. The van der Waals surface area contributed by atoms with Crippen molar-refractivity contribution in [1.82, 2.24) is 5.32 Å². The fourth-order valence-electron chi connectivity index (χ4n) is 2.60. The summed E-state index contributed by atoms with van der Waals surface area (Å²) in [6, 6.07) is 17.8. The SMILES string of the molecule is C[C@@H](OCc1ccccc1)C(=O)NC[C@@H]1Cc2ccccc2O1. The summed E-state index contributed by atoms with van der Waals surface area (Å²) in [5, 5.41) is 2.91. The number of hydrogen-bond acceptors (Lipinski definition) is 3. The molecule has 0 radical (unpaired) electrons. The minimum absolute atomic E-state index is 0.00215. The van der Waals surface area contributed by atoms with Crippen LogP contribution in [-0.4, -0.2) is 24.7 Å². The van der Waals surface area contributed by atoms with E-state index in [0.29, 0.717) is 13.2 Å². The van der Waals surface area contributed by atoms with Crippen LogP contribution in [0, 0.1) is 0 Å². The van der Waals surface area contributed by atoms with E-state index >= 15 is 0 Å². The second kappa shape index (κ2) is 7.29. The van der Waals surface area contributed by atoms with Crippen molar-refractivity contribution in [3.63, 3.8) is 0 Å². The van der Waals surface area contributed by atoms with Crippen LogP contribution in [0.25, 0.3) is 0 Å². The molecule has 0 aliphatic carbocycles. The molecule has 2 aromatic carbocycles. The molecule has 1 aliphatic heterocycles. The Hall–Kier alpha value is -2.33. The maximum absolute atomic E-state index is 12.1. The summed E-state index contributed by atoms with van der Waals surface area (Å²) < 4.78 is 11.4. The fraction of sp³-hybridized carbons (Fsp3) is 0.316. The summed E-state index contributed by atoms with van der Waals surface area (Å²) in [6.07, 6.45) is 0.340. The van der Waals surface area contributed by atoms with Crippen molar-refractivity contribution in [2.75, 3.05) is 6.54 Å². The number of nitrogens with one attached hydrogen (secondary N) is 1. The van der Waals surface area contributed by atoms with Crippen LogP contribution in [0.4, 0.5) is 0 Å². The third-order valence-electron chi connectivity index (χ3n) is 3.93. The summed E-state index contributed by atoms with van der Waals surface area (Å²) in [6.45, 7) is 2.69. The summed E-state index contributed by atoms with van der Waals surface area (Å²) in [4.78, 5) is 12.1. The Bertz CT molecular complexity index is 632.